The molecule has 0 aromatic heterocycles. The van der Waals surface area contributed by atoms with Crippen molar-refractivity contribution in [2.45, 2.75) is 69.9 Å². The molecule has 1 aliphatic heterocycles. The molecule has 1 saturated heterocycles. The lowest BCUT2D eigenvalue weighted by atomic mass is 9.35. The molecule has 5 atom stereocenters. The lowest BCUT2D eigenvalue weighted by Crippen LogP contribution is -2.46. The maximum absolute atomic E-state index is 2.62. The lowest BCUT2D eigenvalue weighted by Gasteiger charge is -2.42. The van der Waals surface area contributed by atoms with Crippen molar-refractivity contribution in [3.05, 3.63) is 23.3 Å². The first-order chi connectivity index (χ1) is 10.7. The molecule has 0 radical (unpaired) electrons. The highest BCUT2D eigenvalue weighted by Gasteiger charge is 2.52. The van der Waals surface area contributed by atoms with Crippen LogP contribution in [0.5, 0.6) is 0 Å². The summed E-state index contributed by atoms with van der Waals surface area (Å²) in [6.45, 7) is 3.24. The van der Waals surface area contributed by atoms with Gasteiger partial charge in [0.2, 0.25) is 6.85 Å². The molecule has 3 fully saturated rings. The zero-order valence-corrected chi connectivity index (χ0v) is 14.7. The van der Waals surface area contributed by atoms with Gasteiger partial charge in [-0.05, 0) is 57.3 Å². The van der Waals surface area contributed by atoms with Crippen molar-refractivity contribution in [2.75, 3.05) is 14.1 Å². The Balaban J connectivity index is 1.79. The molecule has 4 aliphatic rings. The van der Waals surface area contributed by atoms with Crippen LogP contribution in [0, 0.1) is 17.8 Å². The molecule has 0 amide bonds. The molecule has 0 bridgehead atoms. The van der Waals surface area contributed by atoms with Gasteiger partial charge in [-0.3, -0.25) is 0 Å². The minimum Gasteiger partial charge on any atom is -0.347 e. The third kappa shape index (κ3) is 2.25. The fourth-order valence-corrected chi connectivity index (χ4v) is 6.73. The predicted octanol–water partition coefficient (Wildman–Crippen LogP) is 5.18. The van der Waals surface area contributed by atoms with Crippen molar-refractivity contribution in [3.63, 3.8) is 0 Å². The number of fused-ring (bicyclic) bond motifs is 5. The Morgan fingerprint density at radius 3 is 2.36 bits per heavy atom. The maximum Gasteiger partial charge on any atom is 0.230 e. The smallest absolute Gasteiger partial charge is 0.230 e. The van der Waals surface area contributed by atoms with Gasteiger partial charge in [0.25, 0.3) is 0 Å². The van der Waals surface area contributed by atoms with Crippen LogP contribution in [0.4, 0.5) is 0 Å². The summed E-state index contributed by atoms with van der Waals surface area (Å²) in [5, 5.41) is 0. The van der Waals surface area contributed by atoms with Gasteiger partial charge in [-0.1, -0.05) is 61.8 Å². The SMILES string of the molecule is CC1=CC=C2C3CCCCC3B(N(C)C)C3CCCCC3C12. The van der Waals surface area contributed by atoms with E-state index >= 15 is 0 Å². The summed E-state index contributed by atoms with van der Waals surface area (Å²) in [4.78, 5) is 2.62. The lowest BCUT2D eigenvalue weighted by molar-refractivity contribution is 0.290. The minimum absolute atomic E-state index is 0.806. The standard InChI is InChI=1S/C20H32BN/c1-14-12-13-16-15-8-4-6-10-18(15)21(22(2)3)19-11-7-5-9-17(19)20(14)16/h12-13,15,17-20H,4-11H2,1-3H3. The number of nitrogens with zero attached hydrogens (tertiary/aromatic N) is 1. The van der Waals surface area contributed by atoms with E-state index in [9.17, 15) is 0 Å². The van der Waals surface area contributed by atoms with Crippen LogP contribution in [0.3, 0.4) is 0 Å². The van der Waals surface area contributed by atoms with Gasteiger partial charge in [0.15, 0.2) is 0 Å². The summed E-state index contributed by atoms with van der Waals surface area (Å²) in [5.41, 5.74) is 3.53. The van der Waals surface area contributed by atoms with E-state index in [2.05, 4.69) is 38.0 Å². The molecule has 120 valence electrons. The van der Waals surface area contributed by atoms with E-state index in [0.717, 1.165) is 36.2 Å². The molecule has 0 aromatic rings. The summed E-state index contributed by atoms with van der Waals surface area (Å²) in [6.07, 6.45) is 16.8. The molecule has 3 aliphatic carbocycles. The van der Waals surface area contributed by atoms with Crippen LogP contribution < -0.4 is 0 Å². The Labute approximate surface area is 137 Å². The Kier molecular flexibility index (Phi) is 4.01. The van der Waals surface area contributed by atoms with Crippen LogP contribution in [-0.4, -0.2) is 25.8 Å². The summed E-state index contributed by atoms with van der Waals surface area (Å²) in [6, 6.07) is 0. The van der Waals surface area contributed by atoms with Crippen LogP contribution in [0.1, 0.15) is 58.3 Å². The highest BCUT2D eigenvalue weighted by molar-refractivity contribution is 6.59. The number of hydrogen-bond donors (Lipinski definition) is 0. The van der Waals surface area contributed by atoms with E-state index < -0.39 is 0 Å². The van der Waals surface area contributed by atoms with E-state index in [1.54, 1.807) is 5.57 Å². The summed E-state index contributed by atoms with van der Waals surface area (Å²) in [5.74, 6) is 4.47. The van der Waals surface area contributed by atoms with Gasteiger partial charge < -0.3 is 4.81 Å². The highest BCUT2D eigenvalue weighted by atomic mass is 15.0. The second-order valence-corrected chi connectivity index (χ2v) is 8.68. The first-order valence-electron chi connectivity index (χ1n) is 9.73. The van der Waals surface area contributed by atoms with Gasteiger partial charge in [0.05, 0.1) is 0 Å². The van der Waals surface area contributed by atoms with Gasteiger partial charge >= 0.3 is 0 Å². The molecule has 0 spiro atoms. The molecular weight excluding hydrogens is 265 g/mol. The topological polar surface area (TPSA) is 3.24 Å². The Hall–Kier alpha value is -0.495. The molecule has 0 aromatic carbocycles. The van der Waals surface area contributed by atoms with Gasteiger partial charge in [-0.25, -0.2) is 0 Å². The molecule has 2 saturated carbocycles. The van der Waals surface area contributed by atoms with Gasteiger partial charge in [0.1, 0.15) is 0 Å². The van der Waals surface area contributed by atoms with Crippen LogP contribution in [0.2, 0.25) is 11.6 Å². The highest BCUT2D eigenvalue weighted by Crippen LogP contribution is 2.59. The third-order valence-corrected chi connectivity index (χ3v) is 7.41. The fourth-order valence-electron chi connectivity index (χ4n) is 6.73. The molecular formula is C20H32BN. The van der Waals surface area contributed by atoms with Crippen molar-refractivity contribution >= 4 is 6.85 Å². The Morgan fingerprint density at radius 2 is 1.59 bits per heavy atom. The van der Waals surface area contributed by atoms with E-state index in [1.165, 1.54) is 51.4 Å². The number of hydrogen-bond acceptors (Lipinski definition) is 1. The monoisotopic (exact) mass is 297 g/mol. The normalized spacial score (nSPS) is 41.3. The molecule has 2 heteroatoms. The van der Waals surface area contributed by atoms with Crippen molar-refractivity contribution in [2.24, 2.45) is 17.8 Å². The summed E-state index contributed by atoms with van der Waals surface area (Å²) < 4.78 is 0. The number of rotatable bonds is 1. The van der Waals surface area contributed by atoms with E-state index in [1.807, 2.05) is 5.57 Å². The van der Waals surface area contributed by atoms with Crippen molar-refractivity contribution < 1.29 is 0 Å². The number of allylic oxidation sites excluding steroid dienone is 4. The van der Waals surface area contributed by atoms with Gasteiger partial charge in [0, 0.05) is 5.92 Å². The largest absolute Gasteiger partial charge is 0.347 e. The molecule has 1 nitrogen and oxygen atoms in total. The minimum atomic E-state index is 0.806. The molecule has 4 rings (SSSR count). The zero-order chi connectivity index (χ0) is 15.3. The molecule has 1 heterocycles. The first kappa shape index (κ1) is 15.1. The van der Waals surface area contributed by atoms with Crippen LogP contribution in [0.25, 0.3) is 0 Å². The second kappa shape index (κ2) is 5.85. The van der Waals surface area contributed by atoms with Gasteiger partial charge in [-0.15, -0.1) is 0 Å². The van der Waals surface area contributed by atoms with Crippen LogP contribution in [0.15, 0.2) is 23.3 Å². The van der Waals surface area contributed by atoms with E-state index in [-0.39, 0.29) is 0 Å². The van der Waals surface area contributed by atoms with Crippen LogP contribution >= 0.6 is 0 Å². The average molecular weight is 297 g/mol. The van der Waals surface area contributed by atoms with Crippen molar-refractivity contribution in [1.82, 2.24) is 4.81 Å². The summed E-state index contributed by atoms with van der Waals surface area (Å²) >= 11 is 0. The Morgan fingerprint density at radius 1 is 0.909 bits per heavy atom. The van der Waals surface area contributed by atoms with Crippen LogP contribution in [-0.2, 0) is 0 Å². The van der Waals surface area contributed by atoms with Crippen molar-refractivity contribution in [3.8, 4) is 0 Å². The average Bonchev–Trinajstić information content (AvgIpc) is 2.84. The zero-order valence-electron chi connectivity index (χ0n) is 14.7. The first-order valence-corrected chi connectivity index (χ1v) is 9.73. The second-order valence-electron chi connectivity index (χ2n) is 8.68. The fraction of sp³-hybridized carbons (Fsp3) is 0.800. The summed E-state index contributed by atoms with van der Waals surface area (Å²) in [7, 11) is 4.72. The third-order valence-electron chi connectivity index (χ3n) is 7.41. The molecule has 0 N–H and O–H groups in total. The quantitative estimate of drug-likeness (QED) is 0.603. The van der Waals surface area contributed by atoms with Gasteiger partial charge in [-0.2, -0.15) is 0 Å². The Bertz CT molecular complexity index is 492. The maximum atomic E-state index is 2.62. The molecule has 22 heavy (non-hydrogen) atoms. The van der Waals surface area contributed by atoms with E-state index in [4.69, 9.17) is 0 Å². The molecule has 5 unspecified atom stereocenters. The van der Waals surface area contributed by atoms with E-state index in [0.29, 0.717) is 0 Å². The van der Waals surface area contributed by atoms with Crippen molar-refractivity contribution in [1.29, 1.82) is 0 Å². The predicted molar refractivity (Wildman–Crippen MR) is 96.2 cm³/mol.